The summed E-state index contributed by atoms with van der Waals surface area (Å²) < 4.78 is 0. The summed E-state index contributed by atoms with van der Waals surface area (Å²) in [5.41, 5.74) is 6.85. The Kier molecular flexibility index (Phi) is 6.24. The Hall–Kier alpha value is -4.11. The van der Waals surface area contributed by atoms with Gasteiger partial charge in [0.05, 0.1) is 0 Å². The van der Waals surface area contributed by atoms with Gasteiger partial charge in [-0.1, -0.05) is 130 Å². The first-order valence-corrected chi connectivity index (χ1v) is 12.0. The minimum Gasteiger partial charge on any atom is -0.208 e. The first-order valence-electron chi connectivity index (χ1n) is 12.0. The second-order valence-corrected chi connectivity index (χ2v) is 10.0. The van der Waals surface area contributed by atoms with Gasteiger partial charge in [0.2, 0.25) is 0 Å². The van der Waals surface area contributed by atoms with Gasteiger partial charge in [0, 0.05) is 16.7 Å². The van der Waals surface area contributed by atoms with Crippen molar-refractivity contribution in [3.05, 3.63) is 115 Å². The lowest BCUT2D eigenvalue weighted by molar-refractivity contribution is 0.411. The molecule has 5 rings (SSSR count). The Morgan fingerprint density at radius 1 is 0.429 bits per heavy atom. The number of hydrogen-bond donors (Lipinski definition) is 0. The van der Waals surface area contributed by atoms with Crippen LogP contribution in [-0.2, 0) is 6.42 Å². The third-order valence-electron chi connectivity index (χ3n) is 5.86. The predicted octanol–water partition coefficient (Wildman–Crippen LogP) is 8.13. The van der Waals surface area contributed by atoms with E-state index in [1.165, 1.54) is 16.7 Å². The molecule has 0 saturated carbocycles. The summed E-state index contributed by atoms with van der Waals surface area (Å²) in [6, 6.07) is 37.5. The van der Waals surface area contributed by atoms with Gasteiger partial charge in [-0.2, -0.15) is 0 Å². The Bertz CT molecular complexity index is 1400. The van der Waals surface area contributed by atoms with Crippen molar-refractivity contribution in [1.29, 1.82) is 0 Å². The third-order valence-corrected chi connectivity index (χ3v) is 5.86. The maximum absolute atomic E-state index is 4.88. The molecule has 1 aromatic heterocycles. The molecule has 0 unspecified atom stereocenters. The van der Waals surface area contributed by atoms with Crippen molar-refractivity contribution in [3.8, 4) is 45.3 Å². The van der Waals surface area contributed by atoms with Gasteiger partial charge in [-0.05, 0) is 28.5 Å². The average molecular weight is 456 g/mol. The first kappa shape index (κ1) is 22.7. The van der Waals surface area contributed by atoms with E-state index in [-0.39, 0.29) is 5.41 Å². The molecule has 0 N–H and O–H groups in total. The van der Waals surface area contributed by atoms with Crippen LogP contribution in [0, 0.1) is 5.41 Å². The molecule has 3 nitrogen and oxygen atoms in total. The zero-order valence-corrected chi connectivity index (χ0v) is 20.4. The lowest BCUT2D eigenvalue weighted by atomic mass is 9.88. The van der Waals surface area contributed by atoms with E-state index in [1.807, 2.05) is 36.4 Å². The third kappa shape index (κ3) is 5.52. The van der Waals surface area contributed by atoms with Gasteiger partial charge in [0.15, 0.2) is 17.5 Å². The SMILES string of the molecule is CC(C)(C)Cc1ccc(-c2nc(-c3ccccc3)nc(-c3ccc(-c4ccccc4)cc3)n2)cc1. The smallest absolute Gasteiger partial charge is 0.164 e. The van der Waals surface area contributed by atoms with E-state index in [0.29, 0.717) is 17.5 Å². The molecule has 1 heterocycles. The van der Waals surface area contributed by atoms with E-state index < -0.39 is 0 Å². The van der Waals surface area contributed by atoms with Gasteiger partial charge >= 0.3 is 0 Å². The highest BCUT2D eigenvalue weighted by molar-refractivity contribution is 5.70. The lowest BCUT2D eigenvalue weighted by Crippen LogP contribution is -2.08. The van der Waals surface area contributed by atoms with Crippen LogP contribution in [0.2, 0.25) is 0 Å². The minimum atomic E-state index is 0.244. The van der Waals surface area contributed by atoms with Crippen LogP contribution in [0.5, 0.6) is 0 Å². The molecule has 0 aliphatic rings. The summed E-state index contributed by atoms with van der Waals surface area (Å²) in [6.07, 6.45) is 1.03. The fraction of sp³-hybridized carbons (Fsp3) is 0.156. The molecule has 0 radical (unpaired) electrons. The average Bonchev–Trinajstić information content (AvgIpc) is 2.89. The molecule has 0 atom stereocenters. The van der Waals surface area contributed by atoms with E-state index in [2.05, 4.69) is 93.6 Å². The summed E-state index contributed by atoms with van der Waals surface area (Å²) in [5.74, 6) is 2.03. The maximum Gasteiger partial charge on any atom is 0.164 e. The molecule has 0 spiro atoms. The van der Waals surface area contributed by atoms with E-state index in [1.54, 1.807) is 0 Å². The molecule has 0 bridgehead atoms. The first-order chi connectivity index (χ1) is 16.9. The van der Waals surface area contributed by atoms with Crippen molar-refractivity contribution in [1.82, 2.24) is 15.0 Å². The maximum atomic E-state index is 4.88. The summed E-state index contributed by atoms with van der Waals surface area (Å²) in [7, 11) is 0. The van der Waals surface area contributed by atoms with Crippen molar-refractivity contribution in [3.63, 3.8) is 0 Å². The van der Waals surface area contributed by atoms with Crippen molar-refractivity contribution in [2.75, 3.05) is 0 Å². The normalized spacial score (nSPS) is 11.4. The van der Waals surface area contributed by atoms with Crippen molar-refractivity contribution in [2.45, 2.75) is 27.2 Å². The second kappa shape index (κ2) is 9.63. The Morgan fingerprint density at radius 3 is 1.23 bits per heavy atom. The van der Waals surface area contributed by atoms with Gasteiger partial charge in [-0.3, -0.25) is 0 Å². The van der Waals surface area contributed by atoms with E-state index in [9.17, 15) is 0 Å². The lowest BCUT2D eigenvalue weighted by Gasteiger charge is -2.18. The zero-order chi connectivity index (χ0) is 24.3. The Balaban J connectivity index is 1.55. The van der Waals surface area contributed by atoms with Crippen LogP contribution < -0.4 is 0 Å². The standard InChI is InChI=1S/C32H29N3/c1-32(2,3)22-23-14-16-27(17-15-23)30-33-29(26-12-8-5-9-13-26)34-31(35-30)28-20-18-25(19-21-28)24-10-6-4-7-11-24/h4-21H,22H2,1-3H3. The summed E-state index contributed by atoms with van der Waals surface area (Å²) in [6.45, 7) is 6.77. The summed E-state index contributed by atoms with van der Waals surface area (Å²) >= 11 is 0. The fourth-order valence-electron chi connectivity index (χ4n) is 4.18. The van der Waals surface area contributed by atoms with Crippen LogP contribution in [0.25, 0.3) is 45.3 Å². The largest absolute Gasteiger partial charge is 0.208 e. The molecular formula is C32H29N3. The topological polar surface area (TPSA) is 38.7 Å². The molecule has 0 aliphatic heterocycles. The van der Waals surface area contributed by atoms with Crippen LogP contribution >= 0.6 is 0 Å². The molecule has 0 saturated heterocycles. The fourth-order valence-corrected chi connectivity index (χ4v) is 4.18. The molecule has 35 heavy (non-hydrogen) atoms. The summed E-state index contributed by atoms with van der Waals surface area (Å²) in [5, 5.41) is 0. The monoisotopic (exact) mass is 455 g/mol. The molecule has 5 aromatic rings. The van der Waals surface area contributed by atoms with Crippen LogP contribution in [0.4, 0.5) is 0 Å². The molecule has 0 amide bonds. The van der Waals surface area contributed by atoms with Gasteiger partial charge in [-0.15, -0.1) is 0 Å². The van der Waals surface area contributed by atoms with Crippen molar-refractivity contribution in [2.24, 2.45) is 5.41 Å². The Labute approximate surface area is 207 Å². The van der Waals surface area contributed by atoms with Crippen LogP contribution in [0.1, 0.15) is 26.3 Å². The van der Waals surface area contributed by atoms with Crippen LogP contribution in [-0.4, -0.2) is 15.0 Å². The number of rotatable bonds is 5. The highest BCUT2D eigenvalue weighted by Gasteiger charge is 2.14. The van der Waals surface area contributed by atoms with E-state index in [4.69, 9.17) is 15.0 Å². The van der Waals surface area contributed by atoms with E-state index in [0.717, 1.165) is 23.1 Å². The van der Waals surface area contributed by atoms with Crippen molar-refractivity contribution >= 4 is 0 Å². The van der Waals surface area contributed by atoms with Gasteiger partial charge in [0.1, 0.15) is 0 Å². The molecule has 0 aliphatic carbocycles. The van der Waals surface area contributed by atoms with Crippen LogP contribution in [0.15, 0.2) is 109 Å². The van der Waals surface area contributed by atoms with Gasteiger partial charge in [0.25, 0.3) is 0 Å². The quantitative estimate of drug-likeness (QED) is 0.268. The number of hydrogen-bond acceptors (Lipinski definition) is 3. The molecular weight excluding hydrogens is 426 g/mol. The molecule has 3 heteroatoms. The molecule has 0 fully saturated rings. The predicted molar refractivity (Wildman–Crippen MR) is 145 cm³/mol. The van der Waals surface area contributed by atoms with E-state index >= 15 is 0 Å². The molecule has 172 valence electrons. The minimum absolute atomic E-state index is 0.244. The van der Waals surface area contributed by atoms with Gasteiger partial charge in [-0.25, -0.2) is 15.0 Å². The summed E-state index contributed by atoms with van der Waals surface area (Å²) in [4.78, 5) is 14.6. The Morgan fingerprint density at radius 2 is 0.771 bits per heavy atom. The highest BCUT2D eigenvalue weighted by atomic mass is 15.0. The highest BCUT2D eigenvalue weighted by Crippen LogP contribution is 2.28. The van der Waals surface area contributed by atoms with Crippen molar-refractivity contribution < 1.29 is 0 Å². The molecule has 4 aromatic carbocycles. The second-order valence-electron chi connectivity index (χ2n) is 10.0. The number of benzene rings is 4. The van der Waals surface area contributed by atoms with Crippen LogP contribution in [0.3, 0.4) is 0 Å². The zero-order valence-electron chi connectivity index (χ0n) is 20.4. The van der Waals surface area contributed by atoms with Gasteiger partial charge < -0.3 is 0 Å². The number of nitrogens with zero attached hydrogens (tertiary/aromatic N) is 3. The number of aromatic nitrogens is 3.